The van der Waals surface area contributed by atoms with Gasteiger partial charge in [-0.05, 0) is 64.1 Å². The van der Waals surface area contributed by atoms with Crippen molar-refractivity contribution in [3.05, 3.63) is 59.2 Å². The van der Waals surface area contributed by atoms with Gasteiger partial charge in [0.05, 0.1) is 4.90 Å². The predicted octanol–water partition coefficient (Wildman–Crippen LogP) is 3.63. The van der Waals surface area contributed by atoms with Crippen molar-refractivity contribution in [1.82, 2.24) is 14.5 Å². The van der Waals surface area contributed by atoms with Crippen molar-refractivity contribution in [2.24, 2.45) is 0 Å². The summed E-state index contributed by atoms with van der Waals surface area (Å²) in [6.07, 6.45) is 0. The first-order valence-corrected chi connectivity index (χ1v) is 10.8. The molecule has 0 aliphatic heterocycles. The van der Waals surface area contributed by atoms with Crippen LogP contribution < -0.4 is 5.32 Å². The van der Waals surface area contributed by atoms with Gasteiger partial charge in [-0.25, -0.2) is 8.42 Å². The van der Waals surface area contributed by atoms with E-state index in [2.05, 4.69) is 15.5 Å². The topological polar surface area (TPSA) is 105 Å². The van der Waals surface area contributed by atoms with E-state index in [4.69, 9.17) is 4.42 Å². The fourth-order valence-electron chi connectivity index (χ4n) is 2.88. The van der Waals surface area contributed by atoms with Crippen LogP contribution in [0.2, 0.25) is 0 Å². The number of hydrogen-bond acceptors (Lipinski definition) is 6. The third-order valence-corrected chi connectivity index (χ3v) is 6.68. The van der Waals surface area contributed by atoms with Gasteiger partial charge in [-0.2, -0.15) is 4.31 Å². The van der Waals surface area contributed by atoms with Crippen LogP contribution in [0.3, 0.4) is 0 Å². The minimum absolute atomic E-state index is 0.0367. The van der Waals surface area contributed by atoms with Crippen molar-refractivity contribution in [3.8, 4) is 11.5 Å². The maximum absolute atomic E-state index is 12.5. The lowest BCUT2D eigenvalue weighted by Gasteiger charge is -2.20. The third-order valence-electron chi connectivity index (χ3n) is 4.63. The molecule has 3 aromatic rings. The highest BCUT2D eigenvalue weighted by Gasteiger charge is 2.23. The molecule has 0 aliphatic carbocycles. The van der Waals surface area contributed by atoms with E-state index in [-0.39, 0.29) is 22.5 Å². The first-order valence-electron chi connectivity index (χ1n) is 9.39. The Morgan fingerprint density at radius 2 is 1.63 bits per heavy atom. The molecular weight excluding hydrogens is 404 g/mol. The molecule has 158 valence electrons. The third kappa shape index (κ3) is 4.58. The zero-order chi connectivity index (χ0) is 22.1. The summed E-state index contributed by atoms with van der Waals surface area (Å²) in [5.41, 5.74) is 3.16. The zero-order valence-electron chi connectivity index (χ0n) is 17.5. The molecule has 0 unspecified atom stereocenters. The smallest absolute Gasteiger partial charge is 0.322 e. The molecule has 1 amide bonds. The van der Waals surface area contributed by atoms with Crippen LogP contribution in [0.25, 0.3) is 11.5 Å². The quantitative estimate of drug-likeness (QED) is 0.643. The highest BCUT2D eigenvalue weighted by atomic mass is 32.2. The Morgan fingerprint density at radius 1 is 1.03 bits per heavy atom. The van der Waals surface area contributed by atoms with Crippen LogP contribution in [0, 0.1) is 13.8 Å². The minimum Gasteiger partial charge on any atom is -0.403 e. The number of rotatable bonds is 6. The number of hydrogen-bond donors (Lipinski definition) is 1. The summed E-state index contributed by atoms with van der Waals surface area (Å²) in [5, 5.41) is 10.4. The Labute approximate surface area is 176 Å². The van der Waals surface area contributed by atoms with Crippen molar-refractivity contribution in [1.29, 1.82) is 0 Å². The molecule has 0 spiro atoms. The van der Waals surface area contributed by atoms with Crippen molar-refractivity contribution >= 4 is 21.9 Å². The lowest BCUT2D eigenvalue weighted by Crippen LogP contribution is -2.33. The van der Waals surface area contributed by atoms with Crippen molar-refractivity contribution < 1.29 is 17.6 Å². The molecule has 30 heavy (non-hydrogen) atoms. The maximum atomic E-state index is 12.5. The van der Waals surface area contributed by atoms with E-state index < -0.39 is 15.9 Å². The van der Waals surface area contributed by atoms with Crippen molar-refractivity contribution in [3.63, 3.8) is 0 Å². The van der Waals surface area contributed by atoms with Gasteiger partial charge < -0.3 is 4.42 Å². The Balaban J connectivity index is 1.75. The Morgan fingerprint density at radius 3 is 2.20 bits per heavy atom. The first kappa shape index (κ1) is 21.7. The van der Waals surface area contributed by atoms with Gasteiger partial charge in [0, 0.05) is 24.2 Å². The van der Waals surface area contributed by atoms with E-state index in [9.17, 15) is 13.2 Å². The van der Waals surface area contributed by atoms with Crippen LogP contribution in [-0.2, 0) is 10.0 Å². The Kier molecular flexibility index (Phi) is 6.04. The molecule has 0 bridgehead atoms. The van der Waals surface area contributed by atoms with Crippen LogP contribution in [0.15, 0.2) is 51.8 Å². The zero-order valence-corrected chi connectivity index (χ0v) is 18.3. The first-order chi connectivity index (χ1) is 14.1. The molecule has 3 rings (SSSR count). The van der Waals surface area contributed by atoms with Gasteiger partial charge in [0.1, 0.15) is 0 Å². The second-order valence-electron chi connectivity index (χ2n) is 7.38. The maximum Gasteiger partial charge on any atom is 0.322 e. The summed E-state index contributed by atoms with van der Waals surface area (Å²) in [7, 11) is -2.10. The number of benzene rings is 2. The number of nitrogens with zero attached hydrogens (tertiary/aromatic N) is 3. The number of carbonyl (C=O) groups excluding carboxylic acids is 1. The molecule has 8 nitrogen and oxygen atoms in total. The number of amides is 1. The molecule has 0 fully saturated rings. The van der Waals surface area contributed by atoms with Crippen molar-refractivity contribution in [2.45, 2.75) is 38.6 Å². The summed E-state index contributed by atoms with van der Waals surface area (Å²) in [4.78, 5) is 12.6. The molecule has 0 saturated carbocycles. The largest absolute Gasteiger partial charge is 0.403 e. The molecule has 1 N–H and O–H groups in total. The van der Waals surface area contributed by atoms with Crippen LogP contribution in [-0.4, -0.2) is 41.9 Å². The molecule has 9 heteroatoms. The predicted molar refractivity (Wildman–Crippen MR) is 114 cm³/mol. The summed E-state index contributed by atoms with van der Waals surface area (Å²) in [5.74, 6) is -0.179. The second kappa shape index (κ2) is 8.37. The molecule has 0 aliphatic rings. The van der Waals surface area contributed by atoms with Gasteiger partial charge in [0.25, 0.3) is 5.91 Å². The number of aromatic nitrogens is 2. The normalized spacial score (nSPS) is 11.8. The Bertz CT molecular complexity index is 1150. The highest BCUT2D eigenvalue weighted by Crippen LogP contribution is 2.23. The number of sulfonamides is 1. The molecule has 1 aromatic heterocycles. The molecule has 2 aromatic carbocycles. The number of nitrogens with one attached hydrogen (secondary N) is 1. The van der Waals surface area contributed by atoms with Crippen LogP contribution in [0.1, 0.15) is 35.3 Å². The fourth-order valence-corrected chi connectivity index (χ4v) is 4.25. The molecule has 0 saturated heterocycles. The van der Waals surface area contributed by atoms with Gasteiger partial charge in [-0.1, -0.05) is 22.3 Å². The van der Waals surface area contributed by atoms with Crippen LogP contribution >= 0.6 is 0 Å². The van der Waals surface area contributed by atoms with Gasteiger partial charge in [0.15, 0.2) is 0 Å². The Hall–Kier alpha value is -3.04. The van der Waals surface area contributed by atoms with Gasteiger partial charge in [-0.3, -0.25) is 10.1 Å². The summed E-state index contributed by atoms with van der Waals surface area (Å²) >= 11 is 0. The van der Waals surface area contributed by atoms with Crippen LogP contribution in [0.5, 0.6) is 0 Å². The average Bonchev–Trinajstić information content (AvgIpc) is 3.15. The van der Waals surface area contributed by atoms with Gasteiger partial charge >= 0.3 is 6.01 Å². The number of anilines is 1. The molecule has 0 radical (unpaired) electrons. The summed E-state index contributed by atoms with van der Waals surface area (Å²) in [6, 6.07) is 11.3. The number of aryl methyl sites for hydroxylation is 2. The summed E-state index contributed by atoms with van der Waals surface area (Å²) in [6.45, 7) is 7.52. The monoisotopic (exact) mass is 428 g/mol. The van der Waals surface area contributed by atoms with E-state index in [1.54, 1.807) is 13.8 Å². The number of carbonyl (C=O) groups is 1. The second-order valence-corrected chi connectivity index (χ2v) is 9.38. The molecular formula is C21H24N4O4S. The van der Waals surface area contributed by atoms with Crippen molar-refractivity contribution in [2.75, 3.05) is 12.4 Å². The molecule has 1 heterocycles. The standard InChI is InChI=1S/C21H24N4O4S/c1-13(2)25(5)30(27,28)18-8-6-16(7-9-18)19(26)22-21-24-23-20(29-21)17-11-14(3)10-15(4)12-17/h6-13H,1-5H3,(H,22,24,26). The lowest BCUT2D eigenvalue weighted by atomic mass is 10.1. The SMILES string of the molecule is Cc1cc(C)cc(-c2nnc(NC(=O)c3ccc(S(=O)(=O)N(C)C(C)C)cc3)o2)c1. The summed E-state index contributed by atoms with van der Waals surface area (Å²) < 4.78 is 31.9. The van der Waals surface area contributed by atoms with E-state index in [0.717, 1.165) is 16.7 Å². The van der Waals surface area contributed by atoms with E-state index >= 15 is 0 Å². The average molecular weight is 429 g/mol. The highest BCUT2D eigenvalue weighted by molar-refractivity contribution is 7.89. The van der Waals surface area contributed by atoms with Gasteiger partial charge in [0.2, 0.25) is 15.9 Å². The van der Waals surface area contributed by atoms with E-state index in [1.807, 2.05) is 32.0 Å². The van der Waals surface area contributed by atoms with E-state index in [0.29, 0.717) is 5.89 Å². The van der Waals surface area contributed by atoms with Crippen LogP contribution in [0.4, 0.5) is 6.01 Å². The van der Waals surface area contributed by atoms with E-state index in [1.165, 1.54) is 35.6 Å². The molecule has 0 atom stereocenters. The fraction of sp³-hybridized carbons (Fsp3) is 0.286. The minimum atomic E-state index is -3.61. The van der Waals surface area contributed by atoms with Gasteiger partial charge in [-0.15, -0.1) is 5.10 Å². The lowest BCUT2D eigenvalue weighted by molar-refractivity contribution is 0.102.